The van der Waals surface area contributed by atoms with Crippen LogP contribution < -0.4 is 5.32 Å². The van der Waals surface area contributed by atoms with Gasteiger partial charge in [-0.1, -0.05) is 13.8 Å². The highest BCUT2D eigenvalue weighted by molar-refractivity contribution is 4.70. The summed E-state index contributed by atoms with van der Waals surface area (Å²) in [6.07, 6.45) is 2.83. The largest absolute Gasteiger partial charge is 0.377 e. The van der Waals surface area contributed by atoms with Crippen LogP contribution >= 0.6 is 0 Å². The third-order valence-electron chi connectivity index (χ3n) is 3.74. The highest BCUT2D eigenvalue weighted by atomic mass is 16.5. The van der Waals surface area contributed by atoms with Gasteiger partial charge < -0.3 is 15.0 Å². The van der Waals surface area contributed by atoms with Crippen LogP contribution in [0.2, 0.25) is 0 Å². The van der Waals surface area contributed by atoms with Crippen LogP contribution in [0.3, 0.4) is 0 Å². The summed E-state index contributed by atoms with van der Waals surface area (Å²) >= 11 is 0. The van der Waals surface area contributed by atoms with Crippen molar-refractivity contribution >= 4 is 0 Å². The fraction of sp³-hybridized carbons (Fsp3) is 1.00. The second-order valence-electron chi connectivity index (χ2n) is 5.29. The van der Waals surface area contributed by atoms with Gasteiger partial charge >= 0.3 is 0 Å². The molecule has 1 rings (SSSR count). The average molecular weight is 228 g/mol. The number of rotatable bonds is 6. The summed E-state index contributed by atoms with van der Waals surface area (Å²) < 4.78 is 5.90. The summed E-state index contributed by atoms with van der Waals surface area (Å²) in [6, 6.07) is 0.636. The highest BCUT2D eigenvalue weighted by Gasteiger charge is 2.15. The molecule has 0 aromatic rings. The molecular formula is C13H28N2O. The zero-order valence-electron chi connectivity index (χ0n) is 11.3. The molecule has 0 radical (unpaired) electrons. The lowest BCUT2D eigenvalue weighted by atomic mass is 10.1. The number of hydrogen-bond donors (Lipinski definition) is 1. The number of nitrogens with zero attached hydrogens (tertiary/aromatic N) is 1. The van der Waals surface area contributed by atoms with Crippen LogP contribution in [0.5, 0.6) is 0 Å². The molecule has 0 spiro atoms. The van der Waals surface area contributed by atoms with E-state index in [2.05, 4.69) is 38.0 Å². The van der Waals surface area contributed by atoms with Crippen molar-refractivity contribution in [3.05, 3.63) is 0 Å². The molecule has 1 heterocycles. The summed E-state index contributed by atoms with van der Waals surface area (Å²) in [5.74, 6) is 0.712. The van der Waals surface area contributed by atoms with Crippen molar-refractivity contribution in [2.24, 2.45) is 5.92 Å². The van der Waals surface area contributed by atoms with E-state index in [1.807, 2.05) is 0 Å². The van der Waals surface area contributed by atoms with Crippen LogP contribution in [0.15, 0.2) is 0 Å². The smallest absolute Gasteiger partial charge is 0.0600 e. The highest BCUT2D eigenvalue weighted by Crippen LogP contribution is 2.09. The minimum atomic E-state index is 0.490. The predicted molar refractivity (Wildman–Crippen MR) is 68.8 cm³/mol. The van der Waals surface area contributed by atoms with Crippen LogP contribution in [0.25, 0.3) is 0 Å². The molecule has 0 aliphatic carbocycles. The number of ether oxygens (including phenoxy) is 1. The molecule has 0 bridgehead atoms. The maximum absolute atomic E-state index is 5.90. The Balaban J connectivity index is 2.09. The molecule has 0 aromatic heterocycles. The Morgan fingerprint density at radius 1 is 1.25 bits per heavy atom. The van der Waals surface area contributed by atoms with E-state index in [1.54, 1.807) is 0 Å². The lowest BCUT2D eigenvalue weighted by Crippen LogP contribution is -2.38. The van der Waals surface area contributed by atoms with Crippen LogP contribution in [0, 0.1) is 5.92 Å². The Bertz CT molecular complexity index is 179. The van der Waals surface area contributed by atoms with Gasteiger partial charge in [-0.3, -0.25) is 0 Å². The van der Waals surface area contributed by atoms with E-state index < -0.39 is 0 Å². The van der Waals surface area contributed by atoms with Gasteiger partial charge in [-0.05, 0) is 45.8 Å². The standard InChI is InChI=1S/C13H28N2O/c1-11(2)12(3)15(4)9-10-16-13-5-7-14-8-6-13/h11-14H,5-10H2,1-4H3. The van der Waals surface area contributed by atoms with E-state index in [0.717, 1.165) is 26.2 Å². The van der Waals surface area contributed by atoms with Gasteiger partial charge in [0, 0.05) is 12.6 Å². The van der Waals surface area contributed by atoms with Crippen molar-refractivity contribution in [2.75, 3.05) is 33.3 Å². The van der Waals surface area contributed by atoms with E-state index in [4.69, 9.17) is 4.74 Å². The second kappa shape index (κ2) is 7.25. The first kappa shape index (κ1) is 13.9. The third-order valence-corrected chi connectivity index (χ3v) is 3.74. The van der Waals surface area contributed by atoms with E-state index in [1.165, 1.54) is 12.8 Å². The molecule has 3 nitrogen and oxygen atoms in total. The minimum Gasteiger partial charge on any atom is -0.377 e. The summed E-state index contributed by atoms with van der Waals surface area (Å²) in [5, 5.41) is 3.36. The number of hydrogen-bond acceptors (Lipinski definition) is 3. The van der Waals surface area contributed by atoms with Gasteiger partial charge in [0.1, 0.15) is 0 Å². The Kier molecular flexibility index (Phi) is 6.32. The normalized spacial score (nSPS) is 20.6. The zero-order valence-corrected chi connectivity index (χ0v) is 11.3. The van der Waals surface area contributed by atoms with Crippen LogP contribution in [0.4, 0.5) is 0 Å². The summed E-state index contributed by atoms with van der Waals surface area (Å²) in [5.41, 5.74) is 0. The summed E-state index contributed by atoms with van der Waals surface area (Å²) in [4.78, 5) is 2.39. The second-order valence-corrected chi connectivity index (χ2v) is 5.29. The lowest BCUT2D eigenvalue weighted by molar-refractivity contribution is 0.0166. The summed E-state index contributed by atoms with van der Waals surface area (Å²) in [7, 11) is 2.19. The molecule has 1 aliphatic heterocycles. The molecular weight excluding hydrogens is 200 g/mol. The third kappa shape index (κ3) is 4.81. The molecule has 1 atom stereocenters. The number of piperidine rings is 1. The van der Waals surface area contributed by atoms with Crippen molar-refractivity contribution < 1.29 is 4.74 Å². The quantitative estimate of drug-likeness (QED) is 0.749. The zero-order chi connectivity index (χ0) is 12.0. The Labute approximate surface area is 101 Å². The molecule has 1 unspecified atom stereocenters. The van der Waals surface area contributed by atoms with Crippen molar-refractivity contribution in [3.63, 3.8) is 0 Å². The van der Waals surface area contributed by atoms with Gasteiger partial charge in [-0.2, -0.15) is 0 Å². The van der Waals surface area contributed by atoms with Gasteiger partial charge in [0.2, 0.25) is 0 Å². The maximum Gasteiger partial charge on any atom is 0.0600 e. The topological polar surface area (TPSA) is 24.5 Å². The maximum atomic E-state index is 5.90. The van der Waals surface area contributed by atoms with Crippen molar-refractivity contribution in [3.8, 4) is 0 Å². The molecule has 16 heavy (non-hydrogen) atoms. The molecule has 0 saturated carbocycles. The molecule has 1 saturated heterocycles. The van der Waals surface area contributed by atoms with Crippen molar-refractivity contribution in [2.45, 2.75) is 45.8 Å². The molecule has 1 fully saturated rings. The molecule has 0 aromatic carbocycles. The summed E-state index contributed by atoms with van der Waals surface area (Å²) in [6.45, 7) is 11.0. The van der Waals surface area contributed by atoms with Gasteiger partial charge in [-0.15, -0.1) is 0 Å². The molecule has 3 heteroatoms. The van der Waals surface area contributed by atoms with Crippen LogP contribution in [-0.2, 0) is 4.74 Å². The van der Waals surface area contributed by atoms with Gasteiger partial charge in [0.05, 0.1) is 12.7 Å². The SMILES string of the molecule is CC(C)C(C)N(C)CCOC1CCNCC1. The lowest BCUT2D eigenvalue weighted by Gasteiger charge is -2.29. The van der Waals surface area contributed by atoms with Gasteiger partial charge in [0.15, 0.2) is 0 Å². The van der Waals surface area contributed by atoms with Gasteiger partial charge in [0.25, 0.3) is 0 Å². The van der Waals surface area contributed by atoms with E-state index >= 15 is 0 Å². The van der Waals surface area contributed by atoms with Gasteiger partial charge in [-0.25, -0.2) is 0 Å². The van der Waals surface area contributed by atoms with Crippen LogP contribution in [-0.4, -0.2) is 50.3 Å². The molecule has 0 amide bonds. The van der Waals surface area contributed by atoms with E-state index in [-0.39, 0.29) is 0 Å². The average Bonchev–Trinajstić information content (AvgIpc) is 2.29. The number of likely N-dealkylation sites (N-methyl/N-ethyl adjacent to an activating group) is 1. The first-order valence-electron chi connectivity index (χ1n) is 6.64. The van der Waals surface area contributed by atoms with Crippen LogP contribution in [0.1, 0.15) is 33.6 Å². The fourth-order valence-corrected chi connectivity index (χ4v) is 2.04. The van der Waals surface area contributed by atoms with E-state index in [0.29, 0.717) is 18.1 Å². The van der Waals surface area contributed by atoms with Crippen molar-refractivity contribution in [1.82, 2.24) is 10.2 Å². The monoisotopic (exact) mass is 228 g/mol. The minimum absolute atomic E-state index is 0.490. The Hall–Kier alpha value is -0.120. The fourth-order valence-electron chi connectivity index (χ4n) is 2.04. The molecule has 96 valence electrons. The number of nitrogens with one attached hydrogen (secondary N) is 1. The first-order valence-corrected chi connectivity index (χ1v) is 6.64. The Morgan fingerprint density at radius 3 is 2.44 bits per heavy atom. The predicted octanol–water partition coefficient (Wildman–Crippen LogP) is 1.73. The van der Waals surface area contributed by atoms with E-state index in [9.17, 15) is 0 Å². The molecule has 1 aliphatic rings. The molecule has 1 N–H and O–H groups in total. The van der Waals surface area contributed by atoms with Crippen molar-refractivity contribution in [1.29, 1.82) is 0 Å². The Morgan fingerprint density at radius 2 is 1.88 bits per heavy atom. The first-order chi connectivity index (χ1) is 7.61.